The van der Waals surface area contributed by atoms with Crippen LogP contribution in [0.1, 0.15) is 49.1 Å². The molecule has 0 spiro atoms. The third-order valence-electron chi connectivity index (χ3n) is 4.76. The minimum atomic E-state index is -0.00354. The molecule has 1 fully saturated rings. The zero-order chi connectivity index (χ0) is 16.1. The van der Waals surface area contributed by atoms with Crippen molar-refractivity contribution >= 4 is 17.2 Å². The molecule has 22 heavy (non-hydrogen) atoms. The summed E-state index contributed by atoms with van der Waals surface area (Å²) in [4.78, 5) is 25.0. The quantitative estimate of drug-likeness (QED) is 0.839. The lowest BCUT2D eigenvalue weighted by Crippen LogP contribution is -2.46. The van der Waals surface area contributed by atoms with Crippen molar-refractivity contribution in [3.8, 4) is 0 Å². The van der Waals surface area contributed by atoms with Crippen LogP contribution in [-0.2, 0) is 11.3 Å². The number of carbonyl (C=O) groups excluding carboxylic acids is 1. The number of aromatic nitrogens is 1. The van der Waals surface area contributed by atoms with E-state index in [1.54, 1.807) is 4.57 Å². The zero-order valence-corrected chi connectivity index (χ0v) is 14.4. The van der Waals surface area contributed by atoms with Gasteiger partial charge >= 0.3 is 4.87 Å². The van der Waals surface area contributed by atoms with Gasteiger partial charge in [0.15, 0.2) is 0 Å². The molecule has 124 valence electrons. The van der Waals surface area contributed by atoms with Crippen LogP contribution >= 0.6 is 11.3 Å². The van der Waals surface area contributed by atoms with E-state index in [4.69, 9.17) is 5.73 Å². The van der Waals surface area contributed by atoms with Crippen LogP contribution in [0.2, 0.25) is 0 Å². The second-order valence-electron chi connectivity index (χ2n) is 6.22. The number of amides is 1. The molecule has 0 aliphatic heterocycles. The number of thiazole rings is 1. The molecule has 1 aromatic rings. The summed E-state index contributed by atoms with van der Waals surface area (Å²) in [6.45, 7) is 4.80. The number of rotatable bonds is 6. The van der Waals surface area contributed by atoms with E-state index in [0.29, 0.717) is 25.4 Å². The van der Waals surface area contributed by atoms with Gasteiger partial charge in [-0.25, -0.2) is 0 Å². The first-order valence-corrected chi connectivity index (χ1v) is 9.00. The van der Waals surface area contributed by atoms with E-state index < -0.39 is 0 Å². The average Bonchev–Trinajstić information content (AvgIpc) is 2.76. The van der Waals surface area contributed by atoms with Crippen LogP contribution in [-0.4, -0.2) is 23.1 Å². The summed E-state index contributed by atoms with van der Waals surface area (Å²) in [7, 11) is 0. The van der Waals surface area contributed by atoms with Crippen LogP contribution in [0.5, 0.6) is 0 Å². The minimum absolute atomic E-state index is 0.00354. The maximum Gasteiger partial charge on any atom is 0.307 e. The Labute approximate surface area is 135 Å². The Morgan fingerprint density at radius 2 is 2.05 bits per heavy atom. The van der Waals surface area contributed by atoms with Gasteiger partial charge in [0, 0.05) is 36.1 Å². The van der Waals surface area contributed by atoms with Gasteiger partial charge in [-0.05, 0) is 32.6 Å². The molecule has 1 atom stereocenters. The topological polar surface area (TPSA) is 77.1 Å². The van der Waals surface area contributed by atoms with Crippen LogP contribution in [0.25, 0.3) is 0 Å². The van der Waals surface area contributed by atoms with Crippen molar-refractivity contribution in [1.82, 2.24) is 9.88 Å². The molecule has 0 radical (unpaired) electrons. The molecule has 3 N–H and O–H groups in total. The Morgan fingerprint density at radius 3 is 2.59 bits per heavy atom. The Hall–Kier alpha value is -1.14. The van der Waals surface area contributed by atoms with E-state index in [2.05, 4.69) is 5.32 Å². The van der Waals surface area contributed by atoms with Gasteiger partial charge in [-0.1, -0.05) is 30.6 Å². The highest BCUT2D eigenvalue weighted by atomic mass is 32.1. The molecule has 0 aromatic carbocycles. The van der Waals surface area contributed by atoms with Gasteiger partial charge in [0.25, 0.3) is 0 Å². The number of aryl methyl sites for hydroxylation is 1. The number of hydrogen-bond donors (Lipinski definition) is 2. The molecule has 1 aliphatic carbocycles. The average molecular weight is 325 g/mol. The first-order chi connectivity index (χ1) is 10.5. The minimum Gasteiger partial charge on any atom is -0.352 e. The third-order valence-corrected chi connectivity index (χ3v) is 5.75. The predicted molar refractivity (Wildman–Crippen MR) is 90.2 cm³/mol. The smallest absolute Gasteiger partial charge is 0.307 e. The largest absolute Gasteiger partial charge is 0.352 e. The van der Waals surface area contributed by atoms with Gasteiger partial charge in [0.1, 0.15) is 0 Å². The fourth-order valence-electron chi connectivity index (χ4n) is 3.24. The molecule has 5 nitrogen and oxygen atoms in total. The first kappa shape index (κ1) is 17.2. The fourth-order valence-corrected chi connectivity index (χ4v) is 4.10. The number of hydrogen-bond acceptors (Lipinski definition) is 4. The lowest BCUT2D eigenvalue weighted by atomic mass is 9.84. The highest BCUT2D eigenvalue weighted by molar-refractivity contribution is 7.09. The van der Waals surface area contributed by atoms with Crippen LogP contribution in [0.4, 0.5) is 0 Å². The summed E-state index contributed by atoms with van der Waals surface area (Å²) >= 11 is 1.24. The molecule has 1 amide bonds. The Morgan fingerprint density at radius 1 is 1.36 bits per heavy atom. The van der Waals surface area contributed by atoms with E-state index in [1.165, 1.54) is 30.6 Å². The van der Waals surface area contributed by atoms with Crippen LogP contribution in [0.15, 0.2) is 4.79 Å². The van der Waals surface area contributed by atoms with E-state index in [1.807, 2.05) is 13.8 Å². The van der Waals surface area contributed by atoms with E-state index in [0.717, 1.165) is 23.4 Å². The Balaban J connectivity index is 1.87. The van der Waals surface area contributed by atoms with Crippen molar-refractivity contribution in [3.63, 3.8) is 0 Å². The van der Waals surface area contributed by atoms with Crippen molar-refractivity contribution in [3.05, 3.63) is 20.2 Å². The zero-order valence-electron chi connectivity index (χ0n) is 13.6. The Bertz CT molecular complexity index is 558. The van der Waals surface area contributed by atoms with Gasteiger partial charge in [-0.2, -0.15) is 0 Å². The molecule has 0 bridgehead atoms. The molecular formula is C16H27N3O2S. The van der Waals surface area contributed by atoms with Crippen molar-refractivity contribution in [2.45, 2.75) is 65.0 Å². The van der Waals surface area contributed by atoms with E-state index >= 15 is 0 Å². The SMILES string of the molecule is Cc1sc(=O)n(CCC(=O)NC(CN)C2CCCCC2)c1C. The maximum atomic E-state index is 12.2. The molecule has 1 saturated carbocycles. The van der Waals surface area contributed by atoms with Crippen molar-refractivity contribution in [2.24, 2.45) is 11.7 Å². The molecular weight excluding hydrogens is 298 g/mol. The van der Waals surface area contributed by atoms with Crippen molar-refractivity contribution in [2.75, 3.05) is 6.54 Å². The summed E-state index contributed by atoms with van der Waals surface area (Å²) in [5.74, 6) is 0.506. The standard InChI is InChI=1S/C16H27N3O2S/c1-11-12(2)22-16(21)19(11)9-8-15(20)18-14(10-17)13-6-4-3-5-7-13/h13-14H,3-10,17H2,1-2H3,(H,18,20). The second kappa shape index (κ2) is 7.92. The first-order valence-electron chi connectivity index (χ1n) is 8.19. The monoisotopic (exact) mass is 325 g/mol. The fraction of sp³-hybridized carbons (Fsp3) is 0.750. The van der Waals surface area contributed by atoms with Crippen molar-refractivity contribution < 1.29 is 4.79 Å². The molecule has 1 heterocycles. The normalized spacial score (nSPS) is 17.4. The van der Waals surface area contributed by atoms with E-state index in [9.17, 15) is 9.59 Å². The van der Waals surface area contributed by atoms with Gasteiger partial charge in [-0.15, -0.1) is 0 Å². The number of nitrogens with two attached hydrogens (primary N) is 1. The summed E-state index contributed by atoms with van der Waals surface area (Å²) in [6, 6.07) is 0.0785. The van der Waals surface area contributed by atoms with Crippen molar-refractivity contribution in [1.29, 1.82) is 0 Å². The van der Waals surface area contributed by atoms with Gasteiger partial charge < -0.3 is 15.6 Å². The van der Waals surface area contributed by atoms with Gasteiger partial charge in [0.05, 0.1) is 0 Å². The number of carbonyl (C=O) groups is 1. The molecule has 6 heteroatoms. The molecule has 2 rings (SSSR count). The van der Waals surface area contributed by atoms with Crippen LogP contribution in [0, 0.1) is 19.8 Å². The summed E-state index contributed by atoms with van der Waals surface area (Å²) < 4.78 is 1.69. The lowest BCUT2D eigenvalue weighted by molar-refractivity contribution is -0.122. The van der Waals surface area contributed by atoms with Gasteiger partial charge in [0.2, 0.25) is 5.91 Å². The van der Waals surface area contributed by atoms with Crippen LogP contribution < -0.4 is 15.9 Å². The molecule has 0 saturated heterocycles. The highest BCUT2D eigenvalue weighted by Gasteiger charge is 2.23. The van der Waals surface area contributed by atoms with Crippen LogP contribution in [0.3, 0.4) is 0 Å². The summed E-state index contributed by atoms with van der Waals surface area (Å²) in [5, 5.41) is 3.08. The molecule has 1 aromatic heterocycles. The highest BCUT2D eigenvalue weighted by Crippen LogP contribution is 2.26. The van der Waals surface area contributed by atoms with E-state index in [-0.39, 0.29) is 16.8 Å². The third kappa shape index (κ3) is 4.20. The maximum absolute atomic E-state index is 12.2. The predicted octanol–water partition coefficient (Wildman–Crippen LogP) is 1.94. The second-order valence-corrected chi connectivity index (χ2v) is 7.38. The molecule has 1 unspecified atom stereocenters. The Kier molecular flexibility index (Phi) is 6.20. The summed E-state index contributed by atoms with van der Waals surface area (Å²) in [5.41, 5.74) is 6.81. The number of nitrogens with one attached hydrogen (secondary N) is 1. The molecule has 1 aliphatic rings. The number of nitrogens with zero attached hydrogens (tertiary/aromatic N) is 1. The lowest BCUT2D eigenvalue weighted by Gasteiger charge is -2.30. The summed E-state index contributed by atoms with van der Waals surface area (Å²) in [6.07, 6.45) is 6.41. The van der Waals surface area contributed by atoms with Gasteiger partial charge in [-0.3, -0.25) is 9.59 Å².